The van der Waals surface area contributed by atoms with Crippen molar-refractivity contribution in [1.82, 2.24) is 9.88 Å². The zero-order valence-corrected chi connectivity index (χ0v) is 21.3. The molecular weight excluding hydrogens is 494 g/mol. The van der Waals surface area contributed by atoms with Gasteiger partial charge >= 0.3 is 0 Å². The number of nitrogens with two attached hydrogens (primary N) is 1. The van der Waals surface area contributed by atoms with Crippen molar-refractivity contribution in [2.24, 2.45) is 11.7 Å². The minimum atomic E-state index is -1.84. The molecule has 1 heterocycles. The van der Waals surface area contributed by atoms with Crippen molar-refractivity contribution in [1.29, 1.82) is 0 Å². The molecule has 8 N–H and O–H groups in total. The largest absolute Gasteiger partial charge is 0.462 e. The molecule has 5 atom stereocenters. The summed E-state index contributed by atoms with van der Waals surface area (Å²) in [6.07, 6.45) is -5.29. The Bertz CT molecular complexity index is 1310. The third-order valence-corrected chi connectivity index (χ3v) is 6.38. The summed E-state index contributed by atoms with van der Waals surface area (Å²) >= 11 is 0. The van der Waals surface area contributed by atoms with Crippen LogP contribution in [-0.2, 0) is 11.3 Å². The highest BCUT2D eigenvalue weighted by Crippen LogP contribution is 2.29. The zero-order valence-electron chi connectivity index (χ0n) is 21.3. The van der Waals surface area contributed by atoms with Gasteiger partial charge in [0.2, 0.25) is 12.2 Å². The van der Waals surface area contributed by atoms with Crippen molar-refractivity contribution in [2.75, 3.05) is 19.7 Å². The minimum absolute atomic E-state index is 0.122. The highest BCUT2D eigenvalue weighted by atomic mass is 16.6. The molecule has 2 aromatic carbocycles. The minimum Gasteiger partial charge on any atom is -0.462 e. The van der Waals surface area contributed by atoms with Crippen LogP contribution >= 0.6 is 0 Å². The Balaban J connectivity index is 1.80. The fraction of sp³-hybridized carbons (Fsp3) is 0.407. The van der Waals surface area contributed by atoms with E-state index in [-0.39, 0.29) is 23.8 Å². The number of ether oxygens (including phenoxy) is 1. The molecule has 0 spiro atoms. The van der Waals surface area contributed by atoms with Crippen molar-refractivity contribution >= 4 is 16.7 Å². The van der Waals surface area contributed by atoms with E-state index in [0.29, 0.717) is 24.0 Å². The lowest BCUT2D eigenvalue weighted by Gasteiger charge is -2.29. The van der Waals surface area contributed by atoms with Crippen LogP contribution in [0, 0.1) is 12.8 Å². The van der Waals surface area contributed by atoms with Gasteiger partial charge in [-0.25, -0.2) is 0 Å². The summed E-state index contributed by atoms with van der Waals surface area (Å²) in [6, 6.07) is 12.2. The average Bonchev–Trinajstić information content (AvgIpc) is 2.92. The summed E-state index contributed by atoms with van der Waals surface area (Å²) < 4.78 is 6.76. The van der Waals surface area contributed by atoms with Crippen LogP contribution in [-0.4, -0.2) is 80.3 Å². The topological polar surface area (TPSA) is 188 Å². The third-order valence-electron chi connectivity index (χ3n) is 6.38. The molecule has 0 radical (unpaired) electrons. The molecule has 0 aliphatic heterocycles. The van der Waals surface area contributed by atoms with E-state index in [9.17, 15) is 30.0 Å². The number of hydrogen-bond donors (Lipinski definition) is 7. The van der Waals surface area contributed by atoms with Gasteiger partial charge in [0, 0.05) is 37.2 Å². The lowest BCUT2D eigenvalue weighted by Crippen LogP contribution is -2.49. The normalized spacial score (nSPS) is 15.5. The van der Waals surface area contributed by atoms with Crippen LogP contribution < -0.4 is 21.3 Å². The third kappa shape index (κ3) is 6.76. The van der Waals surface area contributed by atoms with Crippen LogP contribution in [0.3, 0.4) is 0 Å². The zero-order chi connectivity index (χ0) is 28.0. The fourth-order valence-electron chi connectivity index (χ4n) is 3.98. The van der Waals surface area contributed by atoms with Crippen LogP contribution in [0.5, 0.6) is 5.75 Å². The molecule has 0 fully saturated rings. The molecule has 206 valence electrons. The Morgan fingerprint density at radius 3 is 2.37 bits per heavy atom. The standard InChI is InChI=1S/C27H35N3O8/c1-15-11-18(5-6-21(15)38-27(37)25(35)24(34)23(33)16(2)14-31)19-4-3-17-7-10-30(26(36)20(17)12-19)13-22(32)29-9-8-28/h3-7,10-12,16,23-25,27,31,33-35,37H,8-9,13-14,28H2,1-2H3,(H,29,32). The summed E-state index contributed by atoms with van der Waals surface area (Å²) in [5, 5.41) is 53.5. The van der Waals surface area contributed by atoms with E-state index in [0.717, 1.165) is 16.5 Å². The second-order valence-electron chi connectivity index (χ2n) is 9.31. The van der Waals surface area contributed by atoms with Gasteiger partial charge in [0.1, 0.15) is 24.5 Å². The molecule has 38 heavy (non-hydrogen) atoms. The van der Waals surface area contributed by atoms with Gasteiger partial charge in [-0.05, 0) is 53.3 Å². The molecule has 0 saturated heterocycles. The number of aryl methyl sites for hydroxylation is 1. The van der Waals surface area contributed by atoms with E-state index in [2.05, 4.69) is 5.32 Å². The van der Waals surface area contributed by atoms with Gasteiger partial charge < -0.3 is 45.9 Å². The lowest BCUT2D eigenvalue weighted by atomic mass is 9.96. The number of pyridine rings is 1. The smallest absolute Gasteiger partial charge is 0.258 e. The summed E-state index contributed by atoms with van der Waals surface area (Å²) in [5.74, 6) is -0.785. The number of carbonyl (C=O) groups excluding carboxylic acids is 1. The number of benzene rings is 2. The van der Waals surface area contributed by atoms with Crippen molar-refractivity contribution < 1.29 is 35.1 Å². The highest BCUT2D eigenvalue weighted by molar-refractivity contribution is 5.87. The van der Waals surface area contributed by atoms with Crippen LogP contribution in [0.2, 0.25) is 0 Å². The van der Waals surface area contributed by atoms with E-state index in [1.165, 1.54) is 11.5 Å². The predicted molar refractivity (Wildman–Crippen MR) is 141 cm³/mol. The van der Waals surface area contributed by atoms with Crippen molar-refractivity contribution in [3.63, 3.8) is 0 Å². The SMILES string of the molecule is Cc1cc(-c2ccc3ccn(CC(=O)NCCN)c(=O)c3c2)ccc1OC(O)C(O)C(O)C(O)C(C)CO. The number of rotatable bonds is 12. The molecule has 11 nitrogen and oxygen atoms in total. The van der Waals surface area contributed by atoms with E-state index in [4.69, 9.17) is 15.6 Å². The number of carbonyl (C=O) groups is 1. The monoisotopic (exact) mass is 529 g/mol. The number of hydrogen-bond acceptors (Lipinski definition) is 9. The first-order valence-corrected chi connectivity index (χ1v) is 12.3. The summed E-state index contributed by atoms with van der Waals surface area (Å²) in [4.78, 5) is 25.1. The maximum Gasteiger partial charge on any atom is 0.258 e. The second-order valence-corrected chi connectivity index (χ2v) is 9.31. The first kappa shape index (κ1) is 29.2. The molecule has 3 aromatic rings. The molecule has 0 aliphatic carbocycles. The second kappa shape index (κ2) is 13.0. The van der Waals surface area contributed by atoms with Crippen molar-refractivity contribution in [2.45, 2.75) is 45.0 Å². The van der Waals surface area contributed by atoms with E-state index in [1.54, 1.807) is 43.5 Å². The molecule has 11 heteroatoms. The van der Waals surface area contributed by atoms with Gasteiger partial charge in [-0.2, -0.15) is 0 Å². The average molecular weight is 530 g/mol. The quantitative estimate of drug-likeness (QED) is 0.151. The van der Waals surface area contributed by atoms with Crippen LogP contribution in [0.4, 0.5) is 0 Å². The molecule has 0 bridgehead atoms. The van der Waals surface area contributed by atoms with Gasteiger partial charge in [0.05, 0.1) is 6.10 Å². The molecule has 1 amide bonds. The summed E-state index contributed by atoms with van der Waals surface area (Å²) in [5.41, 5.74) is 7.20. The molecule has 0 saturated carbocycles. The van der Waals surface area contributed by atoms with E-state index < -0.39 is 37.1 Å². The molecule has 5 unspecified atom stereocenters. The Morgan fingerprint density at radius 1 is 1.03 bits per heavy atom. The molecule has 1 aromatic heterocycles. The van der Waals surface area contributed by atoms with E-state index >= 15 is 0 Å². The van der Waals surface area contributed by atoms with Gasteiger partial charge in [0.25, 0.3) is 5.56 Å². The first-order valence-electron chi connectivity index (χ1n) is 12.3. The molecule has 0 aliphatic rings. The Labute approximate surface area is 219 Å². The van der Waals surface area contributed by atoms with Crippen molar-refractivity contribution in [3.8, 4) is 16.9 Å². The summed E-state index contributed by atoms with van der Waals surface area (Å²) in [6.45, 7) is 3.31. The van der Waals surface area contributed by atoms with Crippen molar-refractivity contribution in [3.05, 3.63) is 64.6 Å². The lowest BCUT2D eigenvalue weighted by molar-refractivity contribution is -0.172. The first-order chi connectivity index (χ1) is 18.1. The molecule has 3 rings (SSSR count). The maximum absolute atomic E-state index is 13.0. The number of fused-ring (bicyclic) bond motifs is 1. The number of nitrogens with one attached hydrogen (secondary N) is 1. The summed E-state index contributed by atoms with van der Waals surface area (Å²) in [7, 11) is 0. The number of nitrogens with zero attached hydrogens (tertiary/aromatic N) is 1. The fourth-order valence-corrected chi connectivity index (χ4v) is 3.98. The predicted octanol–water partition coefficient (Wildman–Crippen LogP) is -0.540. The number of amides is 1. The van der Waals surface area contributed by atoms with Gasteiger partial charge in [-0.1, -0.05) is 25.1 Å². The van der Waals surface area contributed by atoms with Gasteiger partial charge in [-0.3, -0.25) is 9.59 Å². The maximum atomic E-state index is 13.0. The van der Waals surface area contributed by atoms with Crippen LogP contribution in [0.25, 0.3) is 21.9 Å². The van der Waals surface area contributed by atoms with Crippen LogP contribution in [0.15, 0.2) is 53.5 Å². The Kier molecular flexibility index (Phi) is 9.97. The van der Waals surface area contributed by atoms with Gasteiger partial charge in [-0.15, -0.1) is 0 Å². The van der Waals surface area contributed by atoms with E-state index in [1.807, 2.05) is 12.1 Å². The Morgan fingerprint density at radius 2 is 1.71 bits per heavy atom. The highest BCUT2D eigenvalue weighted by Gasteiger charge is 2.34. The Hall–Kier alpha value is -3.32. The number of aromatic nitrogens is 1. The number of aliphatic hydroxyl groups excluding tert-OH is 5. The van der Waals surface area contributed by atoms with Gasteiger partial charge in [0.15, 0.2) is 0 Å². The molecular formula is C27H35N3O8. The number of aliphatic hydroxyl groups is 5. The van der Waals surface area contributed by atoms with Crippen LogP contribution in [0.1, 0.15) is 12.5 Å².